The summed E-state index contributed by atoms with van der Waals surface area (Å²) in [5, 5.41) is 2.43. The van der Waals surface area contributed by atoms with Gasteiger partial charge in [0.05, 0.1) is 0 Å². The van der Waals surface area contributed by atoms with Crippen molar-refractivity contribution >= 4 is 33.7 Å². The van der Waals surface area contributed by atoms with E-state index in [-0.39, 0.29) is 0 Å². The quantitative estimate of drug-likeness (QED) is 0.622. The van der Waals surface area contributed by atoms with Crippen LogP contribution in [0.2, 0.25) is 0 Å². The van der Waals surface area contributed by atoms with Crippen LogP contribution in [-0.4, -0.2) is 11.5 Å². The normalized spacial score (nSPS) is 10.5. The Hall–Kier alpha value is -2.19. The maximum Gasteiger partial charge on any atom is 0.114 e. The summed E-state index contributed by atoms with van der Waals surface area (Å²) in [6.45, 7) is 2.98. The van der Waals surface area contributed by atoms with E-state index in [0.29, 0.717) is 0 Å². The molecule has 3 rings (SSSR count). The molecule has 3 aromatic carbocycles. The number of rotatable bonds is 3. The zero-order valence-corrected chi connectivity index (χ0v) is 12.8. The molecule has 104 valence electrons. The highest BCUT2D eigenvalue weighted by molar-refractivity contribution is 7.81. The van der Waals surface area contributed by atoms with Crippen LogP contribution in [0.1, 0.15) is 12.5 Å². The lowest BCUT2D eigenvalue weighted by molar-refractivity contribution is 1.07. The minimum Gasteiger partial charge on any atom is -0.332 e. The molecule has 0 N–H and O–H groups in total. The van der Waals surface area contributed by atoms with Crippen LogP contribution in [0.15, 0.2) is 72.8 Å². The number of fused-ring (bicyclic) bond motifs is 1. The Bertz CT molecular complexity index is 759. The number of thiocarbonyl (C=S) groups is 1. The third-order valence-corrected chi connectivity index (χ3v) is 4.09. The van der Waals surface area contributed by atoms with Gasteiger partial charge in [0.1, 0.15) is 4.99 Å². The van der Waals surface area contributed by atoms with Crippen molar-refractivity contribution in [1.29, 1.82) is 0 Å². The van der Waals surface area contributed by atoms with Crippen molar-refractivity contribution in [2.75, 3.05) is 11.4 Å². The van der Waals surface area contributed by atoms with Gasteiger partial charge in [0.15, 0.2) is 0 Å². The summed E-state index contributed by atoms with van der Waals surface area (Å²) >= 11 is 5.78. The fraction of sp³-hybridized carbons (Fsp3) is 0.105. The number of para-hydroxylation sites is 1. The molecule has 0 aliphatic heterocycles. The first-order chi connectivity index (χ1) is 10.3. The number of hydrogen-bond donors (Lipinski definition) is 0. The maximum absolute atomic E-state index is 5.78. The van der Waals surface area contributed by atoms with Gasteiger partial charge in [0.2, 0.25) is 0 Å². The van der Waals surface area contributed by atoms with Gasteiger partial charge in [-0.15, -0.1) is 0 Å². The number of nitrogens with zero attached hydrogens (tertiary/aromatic N) is 1. The van der Waals surface area contributed by atoms with Gasteiger partial charge in [0, 0.05) is 17.8 Å². The van der Waals surface area contributed by atoms with Crippen molar-refractivity contribution in [2.24, 2.45) is 0 Å². The first-order valence-corrected chi connectivity index (χ1v) is 7.56. The lowest BCUT2D eigenvalue weighted by atomic mass is 10.0. The highest BCUT2D eigenvalue weighted by atomic mass is 32.1. The summed E-state index contributed by atoms with van der Waals surface area (Å²) < 4.78 is 0. The van der Waals surface area contributed by atoms with Gasteiger partial charge in [-0.3, -0.25) is 0 Å². The molecular weight excluding hydrogens is 274 g/mol. The summed E-state index contributed by atoms with van der Waals surface area (Å²) in [6.07, 6.45) is 0. The van der Waals surface area contributed by atoms with Crippen molar-refractivity contribution in [1.82, 2.24) is 0 Å². The zero-order valence-electron chi connectivity index (χ0n) is 12.0. The average molecular weight is 291 g/mol. The van der Waals surface area contributed by atoms with E-state index in [2.05, 4.69) is 66.4 Å². The Morgan fingerprint density at radius 2 is 1.52 bits per heavy atom. The lowest BCUT2D eigenvalue weighted by Gasteiger charge is -2.24. The van der Waals surface area contributed by atoms with Gasteiger partial charge in [-0.25, -0.2) is 0 Å². The van der Waals surface area contributed by atoms with Crippen LogP contribution >= 0.6 is 12.2 Å². The van der Waals surface area contributed by atoms with Gasteiger partial charge >= 0.3 is 0 Å². The van der Waals surface area contributed by atoms with Crippen molar-refractivity contribution < 1.29 is 0 Å². The first kappa shape index (κ1) is 13.8. The fourth-order valence-corrected chi connectivity index (χ4v) is 3.02. The van der Waals surface area contributed by atoms with Crippen LogP contribution in [0, 0.1) is 0 Å². The Labute approximate surface area is 130 Å². The van der Waals surface area contributed by atoms with Crippen LogP contribution < -0.4 is 4.90 Å². The molecule has 0 fully saturated rings. The molecule has 0 amide bonds. The van der Waals surface area contributed by atoms with Crippen molar-refractivity contribution in [2.45, 2.75) is 6.92 Å². The molecule has 0 unspecified atom stereocenters. The topological polar surface area (TPSA) is 3.24 Å². The van der Waals surface area contributed by atoms with Crippen molar-refractivity contribution in [3.8, 4) is 0 Å². The molecule has 0 aliphatic rings. The van der Waals surface area contributed by atoms with Gasteiger partial charge in [-0.05, 0) is 29.8 Å². The summed E-state index contributed by atoms with van der Waals surface area (Å²) in [5.74, 6) is 0. The second-order valence-electron chi connectivity index (χ2n) is 4.91. The van der Waals surface area contributed by atoms with E-state index in [0.717, 1.165) is 22.8 Å². The molecule has 1 nitrogen and oxygen atoms in total. The van der Waals surface area contributed by atoms with Crippen LogP contribution in [0.25, 0.3) is 10.8 Å². The summed E-state index contributed by atoms with van der Waals surface area (Å²) in [6, 6.07) is 25.0. The lowest BCUT2D eigenvalue weighted by Crippen LogP contribution is -2.29. The predicted octanol–water partition coefficient (Wildman–Crippen LogP) is 5.04. The minimum absolute atomic E-state index is 0.853. The molecule has 0 aromatic heterocycles. The molecule has 0 saturated carbocycles. The van der Waals surface area contributed by atoms with Crippen LogP contribution in [0.3, 0.4) is 0 Å². The summed E-state index contributed by atoms with van der Waals surface area (Å²) in [5.41, 5.74) is 2.26. The smallest absolute Gasteiger partial charge is 0.114 e. The van der Waals surface area contributed by atoms with Gasteiger partial charge in [-0.2, -0.15) is 0 Å². The molecule has 0 spiro atoms. The monoisotopic (exact) mass is 291 g/mol. The molecule has 21 heavy (non-hydrogen) atoms. The molecule has 0 bridgehead atoms. The molecular formula is C19H17NS. The van der Waals surface area contributed by atoms with E-state index >= 15 is 0 Å². The molecule has 2 heteroatoms. The number of benzene rings is 3. The number of hydrogen-bond acceptors (Lipinski definition) is 1. The van der Waals surface area contributed by atoms with Crippen LogP contribution in [0.5, 0.6) is 0 Å². The van der Waals surface area contributed by atoms with Gasteiger partial charge in [0.25, 0.3) is 0 Å². The zero-order chi connectivity index (χ0) is 14.7. The van der Waals surface area contributed by atoms with Crippen molar-refractivity contribution in [3.05, 3.63) is 78.4 Å². The van der Waals surface area contributed by atoms with E-state index in [4.69, 9.17) is 12.2 Å². The highest BCUT2D eigenvalue weighted by Gasteiger charge is 2.14. The van der Waals surface area contributed by atoms with Gasteiger partial charge in [-0.1, -0.05) is 72.9 Å². The standard InChI is InChI=1S/C19H17NS/c1-2-20(16-11-4-3-5-12-16)19(21)18-14-8-10-15-9-6-7-13-17(15)18/h3-14H,2H2,1H3. The predicted molar refractivity (Wildman–Crippen MR) is 95.1 cm³/mol. The molecule has 0 saturated heterocycles. The van der Waals surface area contributed by atoms with Crippen LogP contribution in [-0.2, 0) is 0 Å². The molecule has 3 aromatic rings. The Kier molecular flexibility index (Phi) is 3.98. The number of anilines is 1. The Balaban J connectivity index is 2.07. The third-order valence-electron chi connectivity index (χ3n) is 3.65. The SMILES string of the molecule is CCN(C(=S)c1cccc2ccccc12)c1ccccc1. The van der Waals surface area contributed by atoms with E-state index in [9.17, 15) is 0 Å². The molecule has 0 heterocycles. The van der Waals surface area contributed by atoms with E-state index in [1.54, 1.807) is 0 Å². The third kappa shape index (κ3) is 2.67. The maximum atomic E-state index is 5.78. The second-order valence-corrected chi connectivity index (χ2v) is 5.30. The largest absolute Gasteiger partial charge is 0.332 e. The van der Waals surface area contributed by atoms with Crippen molar-refractivity contribution in [3.63, 3.8) is 0 Å². The second kappa shape index (κ2) is 6.06. The van der Waals surface area contributed by atoms with E-state index in [1.165, 1.54) is 10.8 Å². The average Bonchev–Trinajstić information content (AvgIpc) is 2.56. The molecule has 0 radical (unpaired) electrons. The van der Waals surface area contributed by atoms with Gasteiger partial charge < -0.3 is 4.90 Å². The molecule has 0 atom stereocenters. The Morgan fingerprint density at radius 3 is 2.29 bits per heavy atom. The first-order valence-electron chi connectivity index (χ1n) is 7.16. The molecule has 0 aliphatic carbocycles. The summed E-state index contributed by atoms with van der Waals surface area (Å²) in [4.78, 5) is 3.05. The highest BCUT2D eigenvalue weighted by Crippen LogP contribution is 2.23. The van der Waals surface area contributed by atoms with Crippen LogP contribution in [0.4, 0.5) is 5.69 Å². The minimum atomic E-state index is 0.853. The Morgan fingerprint density at radius 1 is 0.857 bits per heavy atom. The van der Waals surface area contributed by atoms with E-state index in [1.807, 2.05) is 18.2 Å². The summed E-state index contributed by atoms with van der Waals surface area (Å²) in [7, 11) is 0. The van der Waals surface area contributed by atoms with E-state index < -0.39 is 0 Å². The fourth-order valence-electron chi connectivity index (χ4n) is 2.61.